The molecule has 0 heterocycles. The average Bonchev–Trinajstić information content (AvgIpc) is 2.25. The lowest BCUT2D eigenvalue weighted by Crippen LogP contribution is -2.30. The van der Waals surface area contributed by atoms with Crippen LogP contribution < -0.4 is 4.74 Å². The predicted octanol–water partition coefficient (Wildman–Crippen LogP) is 2.39. The Hall–Kier alpha value is -2.11. The van der Waals surface area contributed by atoms with E-state index in [0.717, 1.165) is 0 Å². The molecule has 0 aromatic heterocycles. The SMILES string of the molecule is Cc1cccc(OCC(C)(C)C(=O)O)c1[N+](=O)[O-]. The number of carboxylic acid groups (broad SMARTS) is 1. The molecule has 18 heavy (non-hydrogen) atoms. The van der Waals surface area contributed by atoms with Gasteiger partial charge in [0.1, 0.15) is 6.61 Å². The molecule has 0 aliphatic carbocycles. The van der Waals surface area contributed by atoms with Gasteiger partial charge in [0.25, 0.3) is 0 Å². The van der Waals surface area contributed by atoms with Crippen LogP contribution in [0.3, 0.4) is 0 Å². The number of benzene rings is 1. The van der Waals surface area contributed by atoms with Gasteiger partial charge >= 0.3 is 11.7 Å². The average molecular weight is 253 g/mol. The molecule has 0 aliphatic heterocycles. The summed E-state index contributed by atoms with van der Waals surface area (Å²) in [7, 11) is 0. The van der Waals surface area contributed by atoms with Crippen LogP contribution in [0.1, 0.15) is 19.4 Å². The molecule has 0 bridgehead atoms. The van der Waals surface area contributed by atoms with E-state index in [1.165, 1.54) is 19.9 Å². The van der Waals surface area contributed by atoms with Crippen molar-refractivity contribution in [2.75, 3.05) is 6.61 Å². The van der Waals surface area contributed by atoms with Crippen molar-refractivity contribution in [2.24, 2.45) is 5.41 Å². The van der Waals surface area contributed by atoms with Crippen molar-refractivity contribution < 1.29 is 19.6 Å². The number of nitro benzene ring substituents is 1. The minimum absolute atomic E-state index is 0.0920. The molecule has 0 fully saturated rings. The molecule has 6 nitrogen and oxygen atoms in total. The predicted molar refractivity (Wildman–Crippen MR) is 64.7 cm³/mol. The molecule has 0 spiro atoms. The molecular formula is C12H15NO5. The van der Waals surface area contributed by atoms with Gasteiger partial charge < -0.3 is 9.84 Å². The number of ether oxygens (including phenoxy) is 1. The first-order valence-corrected chi connectivity index (χ1v) is 5.36. The smallest absolute Gasteiger partial charge is 0.313 e. The second-order valence-electron chi connectivity index (χ2n) is 4.66. The van der Waals surface area contributed by atoms with Crippen molar-refractivity contribution in [1.82, 2.24) is 0 Å². The third-order valence-corrected chi connectivity index (χ3v) is 2.55. The number of aliphatic carboxylic acids is 1. The van der Waals surface area contributed by atoms with Crippen LogP contribution in [0.5, 0.6) is 5.75 Å². The summed E-state index contributed by atoms with van der Waals surface area (Å²) in [6, 6.07) is 4.70. The molecule has 6 heteroatoms. The van der Waals surface area contributed by atoms with Crippen LogP contribution in [0.4, 0.5) is 5.69 Å². The zero-order valence-corrected chi connectivity index (χ0v) is 10.5. The van der Waals surface area contributed by atoms with Crippen molar-refractivity contribution in [3.63, 3.8) is 0 Å². The highest BCUT2D eigenvalue weighted by atomic mass is 16.6. The Morgan fingerprint density at radius 1 is 1.50 bits per heavy atom. The topological polar surface area (TPSA) is 89.7 Å². The van der Waals surface area contributed by atoms with Crippen LogP contribution in [0.15, 0.2) is 18.2 Å². The van der Waals surface area contributed by atoms with Gasteiger partial charge in [-0.05, 0) is 26.8 Å². The number of rotatable bonds is 5. The van der Waals surface area contributed by atoms with Crippen LogP contribution in [-0.2, 0) is 4.79 Å². The first-order valence-electron chi connectivity index (χ1n) is 5.36. The molecule has 1 aromatic rings. The van der Waals surface area contributed by atoms with Crippen molar-refractivity contribution in [2.45, 2.75) is 20.8 Å². The summed E-state index contributed by atoms with van der Waals surface area (Å²) in [6.07, 6.45) is 0. The molecule has 0 radical (unpaired) electrons. The van der Waals surface area contributed by atoms with Gasteiger partial charge in [0.15, 0.2) is 5.75 Å². The molecule has 98 valence electrons. The van der Waals surface area contributed by atoms with E-state index in [0.29, 0.717) is 5.56 Å². The summed E-state index contributed by atoms with van der Waals surface area (Å²) in [5.74, 6) is -0.924. The van der Waals surface area contributed by atoms with Gasteiger partial charge in [-0.2, -0.15) is 0 Å². The van der Waals surface area contributed by atoms with Crippen LogP contribution >= 0.6 is 0 Å². The number of aryl methyl sites for hydroxylation is 1. The minimum Gasteiger partial charge on any atom is -0.486 e. The Kier molecular flexibility index (Phi) is 3.90. The fourth-order valence-electron chi connectivity index (χ4n) is 1.30. The zero-order valence-electron chi connectivity index (χ0n) is 10.5. The van der Waals surface area contributed by atoms with Gasteiger partial charge in [-0.1, -0.05) is 12.1 Å². The van der Waals surface area contributed by atoms with Crippen LogP contribution in [0, 0.1) is 22.5 Å². The maximum absolute atomic E-state index is 10.9. The Balaban J connectivity index is 2.96. The van der Waals surface area contributed by atoms with Gasteiger partial charge in [0, 0.05) is 5.56 Å². The van der Waals surface area contributed by atoms with Gasteiger partial charge in [-0.3, -0.25) is 14.9 Å². The quantitative estimate of drug-likeness (QED) is 0.642. The summed E-state index contributed by atoms with van der Waals surface area (Å²) >= 11 is 0. The number of carbonyl (C=O) groups is 1. The molecule has 1 aromatic carbocycles. The highest BCUT2D eigenvalue weighted by Gasteiger charge is 2.29. The monoisotopic (exact) mass is 253 g/mol. The van der Waals surface area contributed by atoms with Gasteiger partial charge in [0.2, 0.25) is 0 Å². The molecular weight excluding hydrogens is 238 g/mol. The van der Waals surface area contributed by atoms with Crippen LogP contribution in [0.2, 0.25) is 0 Å². The van der Waals surface area contributed by atoms with E-state index in [4.69, 9.17) is 9.84 Å². The van der Waals surface area contributed by atoms with E-state index < -0.39 is 16.3 Å². The fourth-order valence-corrected chi connectivity index (χ4v) is 1.30. The molecule has 0 aliphatic rings. The van der Waals surface area contributed by atoms with Gasteiger partial charge in [-0.15, -0.1) is 0 Å². The lowest BCUT2D eigenvalue weighted by molar-refractivity contribution is -0.386. The first-order chi connectivity index (χ1) is 8.25. The molecule has 0 amide bonds. The van der Waals surface area contributed by atoms with Crippen LogP contribution in [0.25, 0.3) is 0 Å². The van der Waals surface area contributed by atoms with E-state index >= 15 is 0 Å². The third-order valence-electron chi connectivity index (χ3n) is 2.55. The molecule has 0 saturated carbocycles. The summed E-state index contributed by atoms with van der Waals surface area (Å²) in [6.45, 7) is 4.47. The van der Waals surface area contributed by atoms with Gasteiger partial charge in [0.05, 0.1) is 10.3 Å². The second kappa shape index (κ2) is 5.03. The van der Waals surface area contributed by atoms with E-state index in [1.54, 1.807) is 19.1 Å². The van der Waals surface area contributed by atoms with Crippen molar-refractivity contribution >= 4 is 11.7 Å². The maximum Gasteiger partial charge on any atom is 0.313 e. The first kappa shape index (κ1) is 14.0. The minimum atomic E-state index is -1.10. The van der Waals surface area contributed by atoms with Crippen molar-refractivity contribution in [1.29, 1.82) is 0 Å². The maximum atomic E-state index is 10.9. The summed E-state index contributed by atoms with van der Waals surface area (Å²) in [4.78, 5) is 21.3. The number of carboxylic acids is 1. The van der Waals surface area contributed by atoms with E-state index in [9.17, 15) is 14.9 Å². The highest BCUT2D eigenvalue weighted by molar-refractivity contribution is 5.73. The molecule has 0 unspecified atom stereocenters. The number of hydrogen-bond acceptors (Lipinski definition) is 4. The van der Waals surface area contributed by atoms with Gasteiger partial charge in [-0.25, -0.2) is 0 Å². The van der Waals surface area contributed by atoms with E-state index in [-0.39, 0.29) is 18.0 Å². The Morgan fingerprint density at radius 3 is 2.61 bits per heavy atom. The molecule has 0 atom stereocenters. The number of nitrogens with zero attached hydrogens (tertiary/aromatic N) is 1. The normalized spacial score (nSPS) is 11.1. The van der Waals surface area contributed by atoms with E-state index in [2.05, 4.69) is 0 Å². The summed E-state index contributed by atoms with van der Waals surface area (Å²) in [5, 5.41) is 19.8. The molecule has 1 rings (SSSR count). The standard InChI is InChI=1S/C12H15NO5/c1-8-5-4-6-9(10(8)13(16)17)18-7-12(2,3)11(14)15/h4-6H,7H2,1-3H3,(H,14,15). The second-order valence-corrected chi connectivity index (χ2v) is 4.66. The number of nitro groups is 1. The number of para-hydroxylation sites is 1. The van der Waals surface area contributed by atoms with Crippen molar-refractivity contribution in [3.05, 3.63) is 33.9 Å². The Morgan fingerprint density at radius 2 is 2.11 bits per heavy atom. The zero-order chi connectivity index (χ0) is 13.9. The summed E-state index contributed by atoms with van der Waals surface area (Å²) in [5.41, 5.74) is -0.748. The third kappa shape index (κ3) is 2.97. The highest BCUT2D eigenvalue weighted by Crippen LogP contribution is 2.31. The Labute approximate surface area is 104 Å². The fraction of sp³-hybridized carbons (Fsp3) is 0.417. The molecule has 0 saturated heterocycles. The van der Waals surface area contributed by atoms with Crippen LogP contribution in [-0.4, -0.2) is 22.6 Å². The lowest BCUT2D eigenvalue weighted by atomic mass is 9.95. The largest absolute Gasteiger partial charge is 0.486 e. The molecule has 1 N–H and O–H groups in total. The lowest BCUT2D eigenvalue weighted by Gasteiger charge is -2.19. The van der Waals surface area contributed by atoms with Crippen molar-refractivity contribution in [3.8, 4) is 5.75 Å². The Bertz CT molecular complexity index is 481. The summed E-state index contributed by atoms with van der Waals surface area (Å²) < 4.78 is 5.28. The van der Waals surface area contributed by atoms with E-state index in [1.807, 2.05) is 0 Å². The number of hydrogen-bond donors (Lipinski definition) is 1.